The zero-order chi connectivity index (χ0) is 7.49. The normalized spacial score (nSPS) is 15.6. The molecule has 0 aromatic carbocycles. The Kier molecular flexibility index (Phi) is 3.86. The van der Waals surface area contributed by atoms with E-state index in [4.69, 9.17) is 0 Å². The Morgan fingerprint density at radius 3 is 2.00 bits per heavy atom. The molecule has 9 heavy (non-hydrogen) atoms. The maximum Gasteiger partial charge on any atom is 0.212 e. The molecule has 1 heteroatoms. The molecule has 0 saturated heterocycles. The summed E-state index contributed by atoms with van der Waals surface area (Å²) in [5, 5.41) is 1.45. The Hall–Kier alpha value is 0.532. The number of hydrogen-bond donors (Lipinski definition) is 0. The van der Waals surface area contributed by atoms with Crippen molar-refractivity contribution in [2.24, 2.45) is 11.3 Å². The molecule has 0 spiro atoms. The van der Waals surface area contributed by atoms with E-state index < -0.39 is 0 Å². The fourth-order valence-corrected chi connectivity index (χ4v) is 2.01. The van der Waals surface area contributed by atoms with Crippen LogP contribution in [0.2, 0.25) is 5.28 Å². The quantitative estimate of drug-likeness (QED) is 0.529. The van der Waals surface area contributed by atoms with Crippen molar-refractivity contribution in [3.05, 3.63) is 0 Å². The van der Waals surface area contributed by atoms with Gasteiger partial charge in [-0.2, -0.15) is 0 Å². The molecular weight excluding hydrogens is 123 g/mol. The summed E-state index contributed by atoms with van der Waals surface area (Å²) >= 11 is 1.36. The molecule has 0 aromatic heterocycles. The van der Waals surface area contributed by atoms with Crippen molar-refractivity contribution < 1.29 is 0 Å². The van der Waals surface area contributed by atoms with Gasteiger partial charge in [-0.15, -0.1) is 0 Å². The zero-order valence-corrected chi connectivity index (χ0v) is 9.49. The molecule has 0 fully saturated rings. The first kappa shape index (κ1) is 9.53. The van der Waals surface area contributed by atoms with E-state index in [-0.39, 0.29) is 0 Å². The molecule has 0 aliphatic rings. The molecule has 0 amide bonds. The highest BCUT2D eigenvalue weighted by molar-refractivity contribution is 6.08. The lowest BCUT2D eigenvalue weighted by atomic mass is 9.79. The van der Waals surface area contributed by atoms with Crippen molar-refractivity contribution in [3.8, 4) is 0 Å². The van der Waals surface area contributed by atoms with E-state index in [1.54, 1.807) is 0 Å². The predicted molar refractivity (Wildman–Crippen MR) is 46.6 cm³/mol. The van der Waals surface area contributed by atoms with Crippen LogP contribution in [0.5, 0.6) is 0 Å². The summed E-state index contributed by atoms with van der Waals surface area (Å²) in [7, 11) is 0. The monoisotopic (exact) mass is 142 g/mol. The van der Waals surface area contributed by atoms with E-state index in [0.717, 1.165) is 5.92 Å². The predicted octanol–water partition coefficient (Wildman–Crippen LogP) is 2.11. The van der Waals surface area contributed by atoms with Crippen molar-refractivity contribution in [2.45, 2.75) is 39.4 Å². The van der Waals surface area contributed by atoms with Crippen LogP contribution < -0.4 is 0 Å². The van der Waals surface area contributed by atoms with Crippen LogP contribution in [0.25, 0.3) is 0 Å². The molecule has 1 unspecified atom stereocenters. The zero-order valence-electron chi connectivity index (χ0n) is 7.49. The van der Waals surface area contributed by atoms with E-state index in [0.29, 0.717) is 5.41 Å². The van der Waals surface area contributed by atoms with Gasteiger partial charge in [0, 0.05) is 0 Å². The van der Waals surface area contributed by atoms with Gasteiger partial charge >= 0.3 is 0 Å². The van der Waals surface area contributed by atoms with E-state index in [1.807, 2.05) is 0 Å². The molecule has 1 atom stereocenters. The van der Waals surface area contributed by atoms with Crippen LogP contribution in [0.4, 0.5) is 0 Å². The summed E-state index contributed by atoms with van der Waals surface area (Å²) in [6, 6.07) is 0. The topological polar surface area (TPSA) is 0 Å². The highest BCUT2D eigenvalue weighted by Gasteiger charge is 2.20. The van der Waals surface area contributed by atoms with Gasteiger partial charge in [-0.1, -0.05) is 45.3 Å². The summed E-state index contributed by atoms with van der Waals surface area (Å²) < 4.78 is 0. The van der Waals surface area contributed by atoms with E-state index in [2.05, 4.69) is 27.7 Å². The van der Waals surface area contributed by atoms with E-state index in [9.17, 15) is 0 Å². The largest absolute Gasteiger partial charge is 0.212 e. The highest BCUT2D eigenvalue weighted by Crippen LogP contribution is 2.31. The van der Waals surface area contributed by atoms with Crippen molar-refractivity contribution >= 4 is 16.3 Å². The van der Waals surface area contributed by atoms with Crippen LogP contribution >= 0.6 is 0 Å². The van der Waals surface area contributed by atoms with Gasteiger partial charge in [0.25, 0.3) is 0 Å². The van der Waals surface area contributed by atoms with Gasteiger partial charge in [0.15, 0.2) is 0 Å². The average molecular weight is 142 g/mol. The molecule has 0 nitrogen and oxygen atoms in total. The lowest BCUT2D eigenvalue weighted by Gasteiger charge is -2.29. The van der Waals surface area contributed by atoms with Gasteiger partial charge in [-0.05, 0) is 5.41 Å². The maximum absolute atomic E-state index is 2.37. The third kappa shape index (κ3) is 2.74. The Morgan fingerprint density at radius 2 is 1.89 bits per heavy atom. The lowest BCUT2D eigenvalue weighted by molar-refractivity contribution is 0.240. The van der Waals surface area contributed by atoms with Crippen molar-refractivity contribution in [3.63, 3.8) is 0 Å². The fraction of sp³-hybridized carbons (Fsp3) is 1.00. The second-order valence-electron chi connectivity index (χ2n) is 3.65. The SMILES string of the molecule is CCC(C)(C)C(C)[CH2][AlH2]. The Morgan fingerprint density at radius 1 is 1.44 bits per heavy atom. The second-order valence-corrected chi connectivity index (χ2v) is 4.47. The van der Waals surface area contributed by atoms with Crippen molar-refractivity contribution in [1.82, 2.24) is 0 Å². The molecule has 0 bridgehead atoms. The van der Waals surface area contributed by atoms with Crippen LogP contribution in [0, 0.1) is 11.3 Å². The third-order valence-electron chi connectivity index (χ3n) is 2.86. The molecule has 0 N–H and O–H groups in total. The molecule has 0 radical (unpaired) electrons. The second kappa shape index (κ2) is 3.64. The minimum Gasteiger partial charge on any atom is -0.0982 e. The highest BCUT2D eigenvalue weighted by atomic mass is 27.0. The summed E-state index contributed by atoms with van der Waals surface area (Å²) in [5.41, 5.74) is 0.585. The van der Waals surface area contributed by atoms with Gasteiger partial charge in [-0.3, -0.25) is 0 Å². The standard InChI is InChI=1S/C8H17.Al.2H/c1-6-8(4,5)7(2)3;;;/h7H,2,6H2,1,3-5H3;;;. The summed E-state index contributed by atoms with van der Waals surface area (Å²) in [4.78, 5) is 0. The van der Waals surface area contributed by atoms with Gasteiger partial charge in [0.1, 0.15) is 0 Å². The maximum atomic E-state index is 2.37. The first-order valence-electron chi connectivity index (χ1n) is 4.04. The van der Waals surface area contributed by atoms with Crippen LogP contribution in [-0.2, 0) is 0 Å². The van der Waals surface area contributed by atoms with Crippen LogP contribution in [0.1, 0.15) is 34.1 Å². The lowest BCUT2D eigenvalue weighted by Crippen LogP contribution is -2.19. The Balaban J connectivity index is 3.80. The Labute approximate surface area is 67.5 Å². The van der Waals surface area contributed by atoms with E-state index >= 15 is 0 Å². The van der Waals surface area contributed by atoms with Crippen LogP contribution in [0.3, 0.4) is 0 Å². The smallest absolute Gasteiger partial charge is 0.0982 e. The number of rotatable bonds is 3. The van der Waals surface area contributed by atoms with Gasteiger partial charge in [0.2, 0.25) is 16.3 Å². The minimum atomic E-state index is 0.585. The van der Waals surface area contributed by atoms with Crippen molar-refractivity contribution in [1.29, 1.82) is 0 Å². The summed E-state index contributed by atoms with van der Waals surface area (Å²) in [5.74, 6) is 0.925. The first-order chi connectivity index (χ1) is 4.04. The fourth-order valence-electron chi connectivity index (χ4n) is 0.901. The van der Waals surface area contributed by atoms with Gasteiger partial charge < -0.3 is 0 Å². The molecule has 0 aromatic rings. The first-order valence-corrected chi connectivity index (χ1v) is 5.46. The van der Waals surface area contributed by atoms with Gasteiger partial charge in [0.05, 0.1) is 0 Å². The van der Waals surface area contributed by atoms with Gasteiger partial charge in [-0.25, -0.2) is 0 Å². The van der Waals surface area contributed by atoms with Crippen LogP contribution in [0.15, 0.2) is 0 Å². The average Bonchev–Trinajstić information content (AvgIpc) is 1.86. The third-order valence-corrected chi connectivity index (χ3v) is 4.08. The molecule has 0 saturated carbocycles. The molecule has 0 aliphatic heterocycles. The Bertz CT molecular complexity index is 76.6. The number of hydrogen-bond acceptors (Lipinski definition) is 0. The molecule has 54 valence electrons. The summed E-state index contributed by atoms with van der Waals surface area (Å²) in [6.45, 7) is 9.40. The molecule has 0 heterocycles. The summed E-state index contributed by atoms with van der Waals surface area (Å²) in [6.07, 6.45) is 1.32. The van der Waals surface area contributed by atoms with E-state index in [1.165, 1.54) is 28.0 Å². The molecule has 0 rings (SSSR count). The molecule has 0 aliphatic carbocycles. The van der Waals surface area contributed by atoms with Crippen LogP contribution in [-0.4, -0.2) is 16.3 Å². The minimum absolute atomic E-state index is 0.585. The molecular formula is C8H19Al. The van der Waals surface area contributed by atoms with Crippen molar-refractivity contribution in [2.75, 3.05) is 0 Å².